The SMILES string of the molecule is CCCCC/C=C\C/C=C\CCI. The zero-order valence-corrected chi connectivity index (χ0v) is 10.8. The summed E-state index contributed by atoms with van der Waals surface area (Å²) < 4.78 is 1.23. The molecule has 0 saturated heterocycles. The Balaban J connectivity index is 3.11. The molecule has 0 aliphatic carbocycles. The van der Waals surface area contributed by atoms with E-state index in [2.05, 4.69) is 53.8 Å². The van der Waals surface area contributed by atoms with Crippen molar-refractivity contribution in [2.75, 3.05) is 4.43 Å². The molecule has 0 radical (unpaired) electrons. The van der Waals surface area contributed by atoms with Gasteiger partial charge in [-0.3, -0.25) is 0 Å². The van der Waals surface area contributed by atoms with E-state index in [1.54, 1.807) is 0 Å². The van der Waals surface area contributed by atoms with Crippen molar-refractivity contribution >= 4 is 22.6 Å². The number of alkyl halides is 1. The molecule has 0 unspecified atom stereocenters. The van der Waals surface area contributed by atoms with Gasteiger partial charge in [-0.2, -0.15) is 0 Å². The Morgan fingerprint density at radius 3 is 2.23 bits per heavy atom. The molecule has 0 bridgehead atoms. The van der Waals surface area contributed by atoms with Gasteiger partial charge >= 0.3 is 0 Å². The first kappa shape index (κ1) is 13.2. The second-order valence-corrected chi connectivity index (χ2v) is 4.23. The summed E-state index contributed by atoms with van der Waals surface area (Å²) in [4.78, 5) is 0. The maximum absolute atomic E-state index is 2.40. The van der Waals surface area contributed by atoms with Gasteiger partial charge in [0.1, 0.15) is 0 Å². The molecule has 0 fully saturated rings. The third-order valence-electron chi connectivity index (χ3n) is 1.86. The number of allylic oxidation sites excluding steroid dienone is 4. The highest BCUT2D eigenvalue weighted by Crippen LogP contribution is 2.00. The van der Waals surface area contributed by atoms with Crippen LogP contribution in [0.25, 0.3) is 0 Å². The third-order valence-corrected chi connectivity index (χ3v) is 2.48. The minimum atomic E-state index is 1.11. The van der Waals surface area contributed by atoms with Gasteiger partial charge in [0, 0.05) is 4.43 Å². The van der Waals surface area contributed by atoms with Gasteiger partial charge in [0.15, 0.2) is 0 Å². The van der Waals surface area contributed by atoms with Crippen LogP contribution >= 0.6 is 22.6 Å². The second-order valence-electron chi connectivity index (χ2n) is 3.15. The molecule has 76 valence electrons. The Hall–Kier alpha value is 0.210. The van der Waals surface area contributed by atoms with Crippen LogP contribution in [0.15, 0.2) is 24.3 Å². The molecule has 0 rings (SSSR count). The number of rotatable bonds is 8. The summed E-state index contributed by atoms with van der Waals surface area (Å²) in [7, 11) is 0. The fourth-order valence-electron chi connectivity index (χ4n) is 1.08. The van der Waals surface area contributed by atoms with E-state index < -0.39 is 0 Å². The van der Waals surface area contributed by atoms with Crippen LogP contribution in [0, 0.1) is 0 Å². The molecule has 0 aliphatic rings. The normalized spacial score (nSPS) is 11.8. The average molecular weight is 292 g/mol. The van der Waals surface area contributed by atoms with Gasteiger partial charge in [-0.1, -0.05) is 66.7 Å². The molecule has 0 nitrogen and oxygen atoms in total. The van der Waals surface area contributed by atoms with Gasteiger partial charge in [0.25, 0.3) is 0 Å². The van der Waals surface area contributed by atoms with Crippen molar-refractivity contribution < 1.29 is 0 Å². The fourth-order valence-corrected chi connectivity index (χ4v) is 1.44. The summed E-state index contributed by atoms with van der Waals surface area (Å²) >= 11 is 2.40. The van der Waals surface area contributed by atoms with Crippen LogP contribution < -0.4 is 0 Å². The van der Waals surface area contributed by atoms with Crippen LogP contribution in [-0.2, 0) is 0 Å². The quantitative estimate of drug-likeness (QED) is 0.258. The van der Waals surface area contributed by atoms with E-state index in [1.807, 2.05) is 0 Å². The molecule has 0 amide bonds. The Morgan fingerprint density at radius 2 is 1.62 bits per heavy atom. The van der Waals surface area contributed by atoms with Crippen molar-refractivity contribution in [1.82, 2.24) is 0 Å². The Bertz CT molecular complexity index is 136. The molecule has 13 heavy (non-hydrogen) atoms. The summed E-state index contributed by atoms with van der Waals surface area (Å²) in [5.74, 6) is 0. The molecule has 0 saturated carbocycles. The molecule has 0 aromatic rings. The van der Waals surface area contributed by atoms with E-state index in [4.69, 9.17) is 0 Å². The number of hydrogen-bond acceptors (Lipinski definition) is 0. The van der Waals surface area contributed by atoms with Crippen molar-refractivity contribution in [3.63, 3.8) is 0 Å². The van der Waals surface area contributed by atoms with E-state index >= 15 is 0 Å². The van der Waals surface area contributed by atoms with Gasteiger partial charge in [-0.15, -0.1) is 0 Å². The molecule has 0 heterocycles. The first-order valence-electron chi connectivity index (χ1n) is 5.27. The molecule has 0 spiro atoms. The summed E-state index contributed by atoms with van der Waals surface area (Å²) in [5, 5.41) is 0. The smallest absolute Gasteiger partial charge is 0.00299 e. The van der Waals surface area contributed by atoms with Crippen LogP contribution in [0.3, 0.4) is 0 Å². The van der Waals surface area contributed by atoms with Crippen molar-refractivity contribution in [1.29, 1.82) is 0 Å². The minimum absolute atomic E-state index is 1.11. The van der Waals surface area contributed by atoms with E-state index in [0.717, 1.165) is 6.42 Å². The monoisotopic (exact) mass is 292 g/mol. The van der Waals surface area contributed by atoms with Crippen LogP contribution in [-0.4, -0.2) is 4.43 Å². The zero-order valence-electron chi connectivity index (χ0n) is 8.64. The molecule has 0 aromatic heterocycles. The van der Waals surface area contributed by atoms with Gasteiger partial charge in [-0.25, -0.2) is 0 Å². The van der Waals surface area contributed by atoms with Crippen molar-refractivity contribution in [2.45, 2.75) is 45.4 Å². The summed E-state index contributed by atoms with van der Waals surface area (Å²) in [5.41, 5.74) is 0. The highest BCUT2D eigenvalue weighted by molar-refractivity contribution is 14.1. The molecular weight excluding hydrogens is 271 g/mol. The summed E-state index contributed by atoms with van der Waals surface area (Å²) in [6.45, 7) is 2.25. The molecule has 1 heteroatoms. The van der Waals surface area contributed by atoms with Crippen LogP contribution in [0.4, 0.5) is 0 Å². The van der Waals surface area contributed by atoms with E-state index in [9.17, 15) is 0 Å². The van der Waals surface area contributed by atoms with Crippen LogP contribution in [0.1, 0.15) is 45.4 Å². The number of hydrogen-bond donors (Lipinski definition) is 0. The fraction of sp³-hybridized carbons (Fsp3) is 0.667. The number of unbranched alkanes of at least 4 members (excludes halogenated alkanes) is 3. The first-order chi connectivity index (χ1) is 6.41. The standard InChI is InChI=1S/C12H21I/c1-2-3-4-5-6-7-8-9-10-11-12-13/h6-7,9-10H,2-5,8,11-12H2,1H3/b7-6-,10-9-. The van der Waals surface area contributed by atoms with Crippen LogP contribution in [0.2, 0.25) is 0 Å². The third kappa shape index (κ3) is 12.2. The summed E-state index contributed by atoms with van der Waals surface area (Å²) in [6, 6.07) is 0. The maximum atomic E-state index is 2.40. The summed E-state index contributed by atoms with van der Waals surface area (Å²) in [6.07, 6.45) is 16.7. The van der Waals surface area contributed by atoms with Crippen molar-refractivity contribution in [3.8, 4) is 0 Å². The minimum Gasteiger partial charge on any atom is -0.0882 e. The zero-order chi connectivity index (χ0) is 9.78. The van der Waals surface area contributed by atoms with Gasteiger partial charge < -0.3 is 0 Å². The van der Waals surface area contributed by atoms with Crippen LogP contribution in [0.5, 0.6) is 0 Å². The predicted octanol–water partition coefficient (Wildman–Crippen LogP) is 4.89. The highest BCUT2D eigenvalue weighted by atomic mass is 127. The average Bonchev–Trinajstić information content (AvgIpc) is 2.16. The predicted molar refractivity (Wildman–Crippen MR) is 70.5 cm³/mol. The molecule has 0 atom stereocenters. The molecular formula is C12H21I. The lowest BCUT2D eigenvalue weighted by atomic mass is 10.2. The Labute approximate surface area is 96.6 Å². The second kappa shape index (κ2) is 12.2. The largest absolute Gasteiger partial charge is 0.0882 e. The molecule has 0 N–H and O–H groups in total. The Kier molecular flexibility index (Phi) is 12.4. The first-order valence-corrected chi connectivity index (χ1v) is 6.80. The van der Waals surface area contributed by atoms with E-state index in [-0.39, 0.29) is 0 Å². The topological polar surface area (TPSA) is 0 Å². The lowest BCUT2D eigenvalue weighted by Crippen LogP contribution is -1.70. The molecule has 0 aliphatic heterocycles. The van der Waals surface area contributed by atoms with Crippen molar-refractivity contribution in [2.24, 2.45) is 0 Å². The molecule has 0 aromatic carbocycles. The lowest BCUT2D eigenvalue weighted by Gasteiger charge is -1.90. The van der Waals surface area contributed by atoms with Crippen molar-refractivity contribution in [3.05, 3.63) is 24.3 Å². The lowest BCUT2D eigenvalue weighted by molar-refractivity contribution is 0.728. The Morgan fingerprint density at radius 1 is 0.923 bits per heavy atom. The van der Waals surface area contributed by atoms with E-state index in [1.165, 1.54) is 36.5 Å². The highest BCUT2D eigenvalue weighted by Gasteiger charge is 1.80. The van der Waals surface area contributed by atoms with Gasteiger partial charge in [-0.05, 0) is 25.7 Å². The number of halogens is 1. The maximum Gasteiger partial charge on any atom is 0.00299 e. The van der Waals surface area contributed by atoms with Gasteiger partial charge in [0.05, 0.1) is 0 Å². The van der Waals surface area contributed by atoms with Gasteiger partial charge in [0.2, 0.25) is 0 Å². The van der Waals surface area contributed by atoms with E-state index in [0.29, 0.717) is 0 Å².